The number of rotatable bonds is 10. The van der Waals surface area contributed by atoms with Crippen LogP contribution in [0.4, 0.5) is 4.79 Å². The minimum atomic E-state index is -1.59. The number of aliphatic hydroxyl groups is 1. The van der Waals surface area contributed by atoms with Crippen LogP contribution >= 0.6 is 15.9 Å². The molecule has 19 heteroatoms. The summed E-state index contributed by atoms with van der Waals surface area (Å²) in [5.41, 5.74) is 9.44. The van der Waals surface area contributed by atoms with Gasteiger partial charge in [-0.05, 0) is 189 Å². The molecule has 93 heavy (non-hydrogen) atoms. The Morgan fingerprint density at radius 2 is 1.32 bits per heavy atom. The number of nitrogens with one attached hydrogen (secondary N) is 1. The molecule has 8 aromatic heterocycles. The van der Waals surface area contributed by atoms with Crippen LogP contribution in [0.25, 0.3) is 66.1 Å². The van der Waals surface area contributed by atoms with Gasteiger partial charge in [-0.3, -0.25) is 24.7 Å². The van der Waals surface area contributed by atoms with Crippen LogP contribution < -0.4 is 18.9 Å². The van der Waals surface area contributed by atoms with Crippen LogP contribution in [0.2, 0.25) is 0 Å². The van der Waals surface area contributed by atoms with Crippen molar-refractivity contribution in [3.63, 3.8) is 0 Å². The second-order valence-electron chi connectivity index (χ2n) is 24.6. The molecule has 2 aliphatic carbocycles. The van der Waals surface area contributed by atoms with Crippen molar-refractivity contribution in [2.75, 3.05) is 6.61 Å². The van der Waals surface area contributed by atoms with Gasteiger partial charge in [-0.2, -0.15) is 6.42 Å². The molecule has 2 N–H and O–H groups in total. The molecule has 472 valence electrons. The first-order valence-electron chi connectivity index (χ1n) is 31.4. The summed E-state index contributed by atoms with van der Waals surface area (Å²) in [6.07, 6.45) is 15.8. The standard InChI is InChI=1S/C30H25N5O2.C26H26N4O4.C9H6BrN.C5H10O.C4H9.Li/c1-17-27(18(2)37-35-17)21-14-23(28-25(15-21)33-29(34-28)20-8-9-20)30(36,26-7-3-4-12-32-26)22-11-10-19-6-5-13-31-24(19)16-22;1-14-21(15(2)34-29-14)17-12-18(23(31)19-8-6-7-11-27-19)22-20(13-17)30(24(28-22)16-9-10-16)25(32)33-26(3,4)5;10-8-4-3-7-2-1-5-11-9(7)6-8;1-5-3-2-4-6-5;1-3-4-2;/h3-7,10-16,20,36H,8-9H2,1-2H3,(H,33,34);6-8,11-13,16H,9-10H2,1-5H3;1-6H;5H,2-4H2,1H3;1,3-4H2,2H3;/q;;;;-1;+1. The molecule has 2 atom stereocenters. The van der Waals surface area contributed by atoms with Crippen molar-refractivity contribution in [3.05, 3.63) is 220 Å². The summed E-state index contributed by atoms with van der Waals surface area (Å²) in [5.74, 6) is 3.23. The zero-order valence-electron chi connectivity index (χ0n) is 54.5. The fourth-order valence-electron chi connectivity index (χ4n) is 11.2. The number of carbonyl (C=O) groups is 2. The van der Waals surface area contributed by atoms with Crippen LogP contribution in [0, 0.1) is 34.6 Å². The van der Waals surface area contributed by atoms with Crippen molar-refractivity contribution < 1.29 is 52.1 Å². The van der Waals surface area contributed by atoms with Crippen molar-refractivity contribution in [1.82, 2.24) is 49.8 Å². The van der Waals surface area contributed by atoms with Crippen LogP contribution in [0.1, 0.15) is 165 Å². The van der Waals surface area contributed by atoms with Gasteiger partial charge in [0.25, 0.3) is 0 Å². The van der Waals surface area contributed by atoms with Gasteiger partial charge in [0, 0.05) is 75.2 Å². The smallest absolute Gasteiger partial charge is 0.443 e. The van der Waals surface area contributed by atoms with E-state index in [4.69, 9.17) is 28.5 Å². The number of nitrogens with zero attached hydrogens (tertiary/aromatic N) is 9. The molecule has 3 aliphatic rings. The summed E-state index contributed by atoms with van der Waals surface area (Å²) in [6.45, 7) is 21.8. The van der Waals surface area contributed by atoms with Crippen LogP contribution in [-0.2, 0) is 15.1 Å². The first-order chi connectivity index (χ1) is 44.3. The molecule has 4 aromatic carbocycles. The van der Waals surface area contributed by atoms with Crippen LogP contribution in [-0.4, -0.2) is 85.1 Å². The summed E-state index contributed by atoms with van der Waals surface area (Å²) in [6, 6.07) is 38.4. The minimum Gasteiger partial charge on any atom is -0.443 e. The molecule has 0 radical (unpaired) electrons. The average Bonchev–Trinajstić information content (AvgIpc) is 1.61. The molecular weight excluding hydrogens is 1230 g/mol. The monoisotopic (exact) mass is 1300 g/mol. The van der Waals surface area contributed by atoms with Crippen molar-refractivity contribution >= 4 is 71.7 Å². The quantitative estimate of drug-likeness (QED) is 0.0738. The second kappa shape index (κ2) is 29.2. The van der Waals surface area contributed by atoms with E-state index in [2.05, 4.69) is 84.1 Å². The number of hydrogen-bond acceptors (Lipinski definition) is 15. The van der Waals surface area contributed by atoms with E-state index in [9.17, 15) is 14.7 Å². The fourth-order valence-corrected chi connectivity index (χ4v) is 11.6. The van der Waals surface area contributed by atoms with E-state index in [0.717, 1.165) is 110 Å². The molecule has 0 spiro atoms. The first-order valence-corrected chi connectivity index (χ1v) is 32.2. The van der Waals surface area contributed by atoms with Gasteiger partial charge in [0.15, 0.2) is 5.60 Å². The van der Waals surface area contributed by atoms with Gasteiger partial charge in [-0.15, -0.1) is 0 Å². The van der Waals surface area contributed by atoms with Crippen molar-refractivity contribution in [2.45, 2.75) is 143 Å². The Hall–Kier alpha value is -8.50. The maximum absolute atomic E-state index is 13.6. The third-order valence-corrected chi connectivity index (χ3v) is 16.7. The third-order valence-electron chi connectivity index (χ3n) is 16.2. The number of benzene rings is 4. The maximum atomic E-state index is 13.6. The van der Waals surface area contributed by atoms with Crippen molar-refractivity contribution in [3.8, 4) is 22.3 Å². The van der Waals surface area contributed by atoms with Crippen molar-refractivity contribution in [2.24, 2.45) is 0 Å². The van der Waals surface area contributed by atoms with Gasteiger partial charge in [0.1, 0.15) is 40.0 Å². The second-order valence-corrected chi connectivity index (χ2v) is 25.5. The minimum absolute atomic E-state index is 0. The molecular formula is C74H76BrLiN10O7. The molecule has 12 aromatic rings. The number of unbranched alkanes of at least 4 members (excludes halogenated alkanes) is 1. The molecule has 3 fully saturated rings. The molecule has 9 heterocycles. The Labute approximate surface area is 561 Å². The van der Waals surface area contributed by atoms with Gasteiger partial charge in [-0.1, -0.05) is 82.1 Å². The number of aromatic nitrogens is 10. The SMILES string of the molecule is Brc1ccc2cccnc2c1.CC1CCCO1.Cc1noc(C)c1-c1cc(C(=O)c2ccccn2)c2nc(C3CC3)n(C(=O)OC(C)(C)C)c2c1.Cc1noc(C)c1-c1cc(C(O)(c2ccc3cccnc3c2)c2ccccn2)c2nc(C3CC3)[nH]c2c1.[CH2-]CCC.[Li+]. The number of aryl methyl sites for hydroxylation is 4. The number of ketones is 1. The maximum Gasteiger partial charge on any atom is 1.00 e. The van der Waals surface area contributed by atoms with Gasteiger partial charge in [0.2, 0.25) is 5.78 Å². The molecule has 2 unspecified atom stereocenters. The predicted octanol–water partition coefficient (Wildman–Crippen LogP) is 14.3. The number of imidazole rings is 2. The van der Waals surface area contributed by atoms with Gasteiger partial charge < -0.3 is 35.5 Å². The molecule has 0 amide bonds. The van der Waals surface area contributed by atoms with Crippen LogP contribution in [0.5, 0.6) is 0 Å². The largest absolute Gasteiger partial charge is 1.00 e. The number of pyridine rings is 4. The molecule has 0 bridgehead atoms. The molecule has 2 saturated carbocycles. The Morgan fingerprint density at radius 3 is 1.86 bits per heavy atom. The molecule has 15 rings (SSSR count). The molecule has 17 nitrogen and oxygen atoms in total. The van der Waals surface area contributed by atoms with Gasteiger partial charge in [0.05, 0.1) is 56.3 Å². The summed E-state index contributed by atoms with van der Waals surface area (Å²) < 4.78 is 24.4. The predicted molar refractivity (Wildman–Crippen MR) is 361 cm³/mol. The zero-order valence-corrected chi connectivity index (χ0v) is 56.0. The van der Waals surface area contributed by atoms with Gasteiger partial charge in [-0.25, -0.2) is 19.3 Å². The summed E-state index contributed by atoms with van der Waals surface area (Å²) in [5, 5.41) is 23.2. The number of H-pyrrole nitrogens is 1. The third kappa shape index (κ3) is 15.3. The Bertz CT molecular complexity index is 4540. The van der Waals surface area contributed by atoms with Gasteiger partial charge >= 0.3 is 25.0 Å². The average molecular weight is 1300 g/mol. The number of hydrogen-bond donors (Lipinski definition) is 2. The first kappa shape index (κ1) is 67.4. The molecule has 1 saturated heterocycles. The Balaban J connectivity index is 0.000000154. The van der Waals surface area contributed by atoms with E-state index < -0.39 is 17.3 Å². The summed E-state index contributed by atoms with van der Waals surface area (Å²) >= 11 is 3.39. The summed E-state index contributed by atoms with van der Waals surface area (Å²) in [4.78, 5) is 57.9. The molecule has 1 aliphatic heterocycles. The van der Waals surface area contributed by atoms with E-state index in [1.165, 1.54) is 29.2 Å². The number of ether oxygens (including phenoxy) is 2. The van der Waals surface area contributed by atoms with Crippen molar-refractivity contribution in [1.29, 1.82) is 0 Å². The van der Waals surface area contributed by atoms with E-state index in [-0.39, 0.29) is 30.6 Å². The number of aromatic amines is 1. The zero-order chi connectivity index (χ0) is 64.8. The number of fused-ring (bicyclic) bond motifs is 4. The van der Waals surface area contributed by atoms with Crippen LogP contribution in [0.15, 0.2) is 160 Å². The van der Waals surface area contributed by atoms with E-state index in [1.54, 1.807) is 49.1 Å². The number of carbonyl (C=O) groups excluding carboxylic acids is 2. The van der Waals surface area contributed by atoms with E-state index in [1.807, 2.05) is 133 Å². The van der Waals surface area contributed by atoms with Crippen LogP contribution in [0.3, 0.4) is 0 Å². The fraction of sp³-hybridized carbons (Fsp3) is 0.311. The van der Waals surface area contributed by atoms with E-state index in [0.29, 0.717) is 68.4 Å². The summed E-state index contributed by atoms with van der Waals surface area (Å²) in [7, 11) is 0. The Kier molecular flexibility index (Phi) is 21.2. The topological polar surface area (TPSA) is 223 Å². The number of halogens is 1. The normalized spacial score (nSPS) is 14.9. The Morgan fingerprint density at radius 1 is 0.710 bits per heavy atom. The van der Waals surface area contributed by atoms with E-state index >= 15 is 0 Å².